The van der Waals surface area contributed by atoms with Gasteiger partial charge in [0, 0.05) is 11.1 Å². The first-order valence-electron chi connectivity index (χ1n) is 13.2. The van der Waals surface area contributed by atoms with Gasteiger partial charge < -0.3 is 4.74 Å². The van der Waals surface area contributed by atoms with Gasteiger partial charge in [-0.15, -0.1) is 0 Å². The van der Waals surface area contributed by atoms with E-state index in [4.69, 9.17) is 4.74 Å². The van der Waals surface area contributed by atoms with Crippen molar-refractivity contribution in [3.05, 3.63) is 83.4 Å². The lowest BCUT2D eigenvalue weighted by Crippen LogP contribution is -2.15. The molecule has 1 nitrogen and oxygen atoms in total. The molecule has 0 bridgehead atoms. The molecule has 0 N–H and O–H groups in total. The molecule has 0 atom stereocenters. The van der Waals surface area contributed by atoms with Crippen LogP contribution in [0.3, 0.4) is 0 Å². The van der Waals surface area contributed by atoms with Gasteiger partial charge in [0.2, 0.25) is 0 Å². The fourth-order valence-electron chi connectivity index (χ4n) is 5.29. The molecule has 0 radical (unpaired) electrons. The first-order valence-corrected chi connectivity index (χ1v) is 13.2. The summed E-state index contributed by atoms with van der Waals surface area (Å²) < 4.78 is 74.7. The minimum Gasteiger partial charge on any atom is -0.454 e. The van der Waals surface area contributed by atoms with Crippen molar-refractivity contribution in [3.8, 4) is 22.6 Å². The van der Waals surface area contributed by atoms with Crippen LogP contribution >= 0.6 is 0 Å². The highest BCUT2D eigenvalue weighted by atomic mass is 19.4. The van der Waals surface area contributed by atoms with Crippen LogP contribution in [-0.4, -0.2) is 0 Å². The third kappa shape index (κ3) is 6.91. The van der Waals surface area contributed by atoms with Crippen molar-refractivity contribution < 1.29 is 26.7 Å². The minimum absolute atomic E-state index is 0.0256. The van der Waals surface area contributed by atoms with E-state index in [2.05, 4.69) is 6.92 Å². The Kier molecular flexibility index (Phi) is 8.88. The first kappa shape index (κ1) is 27.2. The molecule has 0 aliphatic heterocycles. The Bertz CT molecular complexity index is 1160. The van der Waals surface area contributed by atoms with Gasteiger partial charge in [-0.2, -0.15) is 13.2 Å². The van der Waals surface area contributed by atoms with Crippen molar-refractivity contribution in [2.24, 2.45) is 11.8 Å². The topological polar surface area (TPSA) is 9.23 Å². The maximum Gasteiger partial charge on any atom is 0.416 e. The maximum atomic E-state index is 15.4. The second-order valence-corrected chi connectivity index (χ2v) is 10.1. The van der Waals surface area contributed by atoms with Gasteiger partial charge in [0.25, 0.3) is 0 Å². The van der Waals surface area contributed by atoms with Gasteiger partial charge in [0.05, 0.1) is 5.56 Å². The Morgan fingerprint density at radius 2 is 1.43 bits per heavy atom. The second kappa shape index (κ2) is 12.1. The molecule has 0 saturated heterocycles. The fourth-order valence-corrected chi connectivity index (χ4v) is 5.29. The molecule has 198 valence electrons. The molecule has 1 saturated carbocycles. The Morgan fingerprint density at radius 1 is 0.784 bits per heavy atom. The summed E-state index contributed by atoms with van der Waals surface area (Å²) in [6, 6.07) is 13.9. The molecular formula is C31H33F5O. The third-order valence-corrected chi connectivity index (χ3v) is 7.52. The summed E-state index contributed by atoms with van der Waals surface area (Å²) in [7, 11) is 0. The lowest BCUT2D eigenvalue weighted by molar-refractivity contribution is -0.137. The van der Waals surface area contributed by atoms with Crippen LogP contribution in [0.1, 0.15) is 69.4 Å². The number of ether oxygens (including phenoxy) is 1. The summed E-state index contributed by atoms with van der Waals surface area (Å²) >= 11 is 0. The Labute approximate surface area is 215 Å². The number of rotatable bonds is 9. The fraction of sp³-hybridized carbons (Fsp3) is 0.419. The zero-order chi connectivity index (χ0) is 26.4. The molecule has 0 unspecified atom stereocenters. The molecular weight excluding hydrogens is 483 g/mol. The van der Waals surface area contributed by atoms with Crippen LogP contribution in [0, 0.1) is 23.5 Å². The van der Waals surface area contributed by atoms with E-state index in [1.165, 1.54) is 56.4 Å². The van der Waals surface area contributed by atoms with E-state index in [0.29, 0.717) is 23.5 Å². The van der Waals surface area contributed by atoms with Gasteiger partial charge in [0.15, 0.2) is 11.6 Å². The largest absolute Gasteiger partial charge is 0.454 e. The monoisotopic (exact) mass is 516 g/mol. The summed E-state index contributed by atoms with van der Waals surface area (Å²) in [6.07, 6.45) is 4.96. The maximum absolute atomic E-state index is 15.4. The van der Waals surface area contributed by atoms with E-state index in [0.717, 1.165) is 37.3 Å². The van der Waals surface area contributed by atoms with E-state index in [1.54, 1.807) is 24.3 Å². The molecule has 0 heterocycles. The van der Waals surface area contributed by atoms with E-state index >= 15 is 4.39 Å². The number of para-hydroxylation sites is 1. The van der Waals surface area contributed by atoms with Crippen molar-refractivity contribution in [3.63, 3.8) is 0 Å². The summed E-state index contributed by atoms with van der Waals surface area (Å²) in [5.41, 5.74) is 0.290. The highest BCUT2D eigenvalue weighted by molar-refractivity contribution is 5.71. The zero-order valence-corrected chi connectivity index (χ0v) is 21.1. The van der Waals surface area contributed by atoms with Crippen LogP contribution in [0.2, 0.25) is 0 Å². The second-order valence-electron chi connectivity index (χ2n) is 10.1. The summed E-state index contributed by atoms with van der Waals surface area (Å²) in [4.78, 5) is 0. The van der Waals surface area contributed by atoms with Gasteiger partial charge >= 0.3 is 6.18 Å². The predicted octanol–water partition coefficient (Wildman–Crippen LogP) is 10.4. The predicted molar refractivity (Wildman–Crippen MR) is 137 cm³/mol. The molecule has 3 aromatic rings. The van der Waals surface area contributed by atoms with Gasteiger partial charge in [-0.3, -0.25) is 0 Å². The Morgan fingerprint density at radius 3 is 2.08 bits per heavy atom. The lowest BCUT2D eigenvalue weighted by Gasteiger charge is -2.28. The number of hydrogen-bond acceptors (Lipinski definition) is 1. The molecule has 1 aliphatic carbocycles. The van der Waals surface area contributed by atoms with Gasteiger partial charge in [-0.25, -0.2) is 8.78 Å². The Balaban J connectivity index is 1.47. The van der Waals surface area contributed by atoms with Crippen LogP contribution in [0.4, 0.5) is 22.0 Å². The van der Waals surface area contributed by atoms with E-state index in [-0.39, 0.29) is 17.1 Å². The molecule has 1 fully saturated rings. The molecule has 0 amide bonds. The van der Waals surface area contributed by atoms with Crippen molar-refractivity contribution in [1.29, 1.82) is 0 Å². The summed E-state index contributed by atoms with van der Waals surface area (Å²) in [6.45, 7) is 2.21. The molecule has 4 rings (SSSR count). The van der Waals surface area contributed by atoms with E-state index < -0.39 is 23.4 Å². The van der Waals surface area contributed by atoms with Crippen molar-refractivity contribution >= 4 is 0 Å². The third-order valence-electron chi connectivity index (χ3n) is 7.52. The van der Waals surface area contributed by atoms with Crippen LogP contribution in [-0.2, 0) is 12.6 Å². The smallest absolute Gasteiger partial charge is 0.416 e. The number of alkyl halides is 3. The SMILES string of the molecule is CCCCC1CCC(CCc2c(F)ccc(Oc3ccccc3-c3ccc(C(F)(F)F)cc3)c2F)CC1. The van der Waals surface area contributed by atoms with Gasteiger partial charge in [-0.05, 0) is 60.6 Å². The van der Waals surface area contributed by atoms with Crippen molar-refractivity contribution in [2.45, 2.75) is 70.9 Å². The standard InChI is InChI=1S/C31H33F5O/c1-2-3-6-21-9-11-22(12-10-21)13-18-26-27(32)19-20-29(30(26)33)37-28-8-5-4-7-25(28)23-14-16-24(17-15-23)31(34,35)36/h4-5,7-8,14-17,19-22H,2-3,6,9-13,18H2,1H3. The lowest BCUT2D eigenvalue weighted by atomic mass is 9.78. The molecule has 0 spiro atoms. The zero-order valence-electron chi connectivity index (χ0n) is 21.1. The summed E-state index contributed by atoms with van der Waals surface area (Å²) in [5.74, 6) is 0.132. The van der Waals surface area contributed by atoms with Crippen molar-refractivity contribution in [2.75, 3.05) is 0 Å². The molecule has 0 aromatic heterocycles. The van der Waals surface area contributed by atoms with Crippen LogP contribution in [0.15, 0.2) is 60.7 Å². The van der Waals surface area contributed by atoms with E-state index in [9.17, 15) is 17.6 Å². The Hall–Kier alpha value is -2.89. The van der Waals surface area contributed by atoms with Crippen LogP contribution in [0.5, 0.6) is 11.5 Å². The van der Waals surface area contributed by atoms with Gasteiger partial charge in [-0.1, -0.05) is 82.2 Å². The molecule has 6 heteroatoms. The number of unbranched alkanes of at least 4 members (excludes halogenated alkanes) is 1. The molecule has 1 aliphatic rings. The summed E-state index contributed by atoms with van der Waals surface area (Å²) in [5, 5.41) is 0. The molecule has 37 heavy (non-hydrogen) atoms. The van der Waals surface area contributed by atoms with Crippen LogP contribution < -0.4 is 4.74 Å². The average Bonchev–Trinajstić information content (AvgIpc) is 2.89. The number of halogens is 5. The quantitative estimate of drug-likeness (QED) is 0.257. The van der Waals surface area contributed by atoms with E-state index in [1.807, 2.05) is 0 Å². The van der Waals surface area contributed by atoms with Gasteiger partial charge in [0.1, 0.15) is 11.6 Å². The number of benzene rings is 3. The minimum atomic E-state index is -4.43. The van der Waals surface area contributed by atoms with Crippen molar-refractivity contribution in [1.82, 2.24) is 0 Å². The average molecular weight is 517 g/mol. The molecule has 3 aromatic carbocycles. The highest BCUT2D eigenvalue weighted by Crippen LogP contribution is 2.38. The normalized spacial score (nSPS) is 18.1. The van der Waals surface area contributed by atoms with Crippen LogP contribution in [0.25, 0.3) is 11.1 Å². The number of hydrogen-bond donors (Lipinski definition) is 0. The first-order chi connectivity index (χ1) is 17.8. The highest BCUT2D eigenvalue weighted by Gasteiger charge is 2.30.